The van der Waals surface area contributed by atoms with Crippen LogP contribution in [-0.4, -0.2) is 23.5 Å². The monoisotopic (exact) mass is 250 g/mol. The third-order valence-corrected chi connectivity index (χ3v) is 2.86. The largest absolute Gasteiger partial charge is 0.425 e. The average Bonchev–Trinajstić information content (AvgIpc) is 2.40. The van der Waals surface area contributed by atoms with Crippen molar-refractivity contribution in [2.24, 2.45) is 0 Å². The molecule has 0 amide bonds. The van der Waals surface area contributed by atoms with Crippen molar-refractivity contribution in [1.82, 2.24) is 5.32 Å². The molecule has 1 fully saturated rings. The fraction of sp³-hybridized carbons (Fsp3) is 0.417. The van der Waals surface area contributed by atoms with Gasteiger partial charge in [0.2, 0.25) is 0 Å². The van der Waals surface area contributed by atoms with Crippen molar-refractivity contribution in [3.05, 3.63) is 34.4 Å². The van der Waals surface area contributed by atoms with E-state index in [2.05, 4.69) is 5.32 Å². The van der Waals surface area contributed by atoms with Crippen LogP contribution in [-0.2, 0) is 4.79 Å². The predicted molar refractivity (Wildman–Crippen MR) is 64.4 cm³/mol. The molecule has 0 aromatic heterocycles. The number of hydrogen-bond acceptors (Lipinski definition) is 5. The van der Waals surface area contributed by atoms with E-state index >= 15 is 0 Å². The van der Waals surface area contributed by atoms with E-state index in [1.54, 1.807) is 0 Å². The van der Waals surface area contributed by atoms with Crippen LogP contribution >= 0.6 is 0 Å². The summed E-state index contributed by atoms with van der Waals surface area (Å²) in [4.78, 5) is 21.7. The number of nitrogens with one attached hydrogen (secondary N) is 1. The van der Waals surface area contributed by atoms with Crippen LogP contribution in [0.15, 0.2) is 24.3 Å². The van der Waals surface area contributed by atoms with Gasteiger partial charge in [-0.1, -0.05) is 6.42 Å². The second kappa shape index (κ2) is 5.59. The number of carbonyl (C=O) groups is 1. The van der Waals surface area contributed by atoms with Gasteiger partial charge in [-0.2, -0.15) is 0 Å². The van der Waals surface area contributed by atoms with Gasteiger partial charge in [0.25, 0.3) is 5.69 Å². The number of non-ortho nitro benzene ring substituents is 1. The third kappa shape index (κ3) is 3.04. The molecular formula is C12H14N2O4. The van der Waals surface area contributed by atoms with Gasteiger partial charge in [0.05, 0.1) is 4.92 Å². The zero-order valence-electron chi connectivity index (χ0n) is 9.80. The van der Waals surface area contributed by atoms with E-state index in [9.17, 15) is 14.9 Å². The van der Waals surface area contributed by atoms with Crippen molar-refractivity contribution in [2.75, 3.05) is 6.54 Å². The molecule has 0 unspecified atom stereocenters. The highest BCUT2D eigenvalue weighted by Gasteiger charge is 2.22. The summed E-state index contributed by atoms with van der Waals surface area (Å²) in [5.41, 5.74) is -0.0226. The molecule has 2 rings (SSSR count). The van der Waals surface area contributed by atoms with Gasteiger partial charge in [0.1, 0.15) is 11.8 Å². The highest BCUT2D eigenvalue weighted by atomic mass is 16.6. The number of rotatable bonds is 3. The van der Waals surface area contributed by atoms with Crippen LogP contribution in [0.3, 0.4) is 0 Å². The fourth-order valence-electron chi connectivity index (χ4n) is 1.88. The molecule has 1 aliphatic rings. The topological polar surface area (TPSA) is 81.5 Å². The molecule has 96 valence electrons. The van der Waals surface area contributed by atoms with Gasteiger partial charge in [-0.25, -0.2) is 4.79 Å². The van der Waals surface area contributed by atoms with Crippen molar-refractivity contribution in [3.8, 4) is 5.75 Å². The van der Waals surface area contributed by atoms with Gasteiger partial charge in [0.15, 0.2) is 0 Å². The molecule has 1 N–H and O–H groups in total. The van der Waals surface area contributed by atoms with Crippen LogP contribution in [0, 0.1) is 10.1 Å². The molecule has 6 nitrogen and oxygen atoms in total. The summed E-state index contributed by atoms with van der Waals surface area (Å²) in [5.74, 6) is 0.00141. The maximum atomic E-state index is 11.8. The van der Waals surface area contributed by atoms with Gasteiger partial charge in [-0.3, -0.25) is 10.1 Å². The molecule has 1 aliphatic heterocycles. The Labute approximate surface area is 104 Å². The molecule has 1 aromatic carbocycles. The predicted octanol–water partition coefficient (Wildman–Crippen LogP) is 1.64. The van der Waals surface area contributed by atoms with E-state index in [1.165, 1.54) is 24.3 Å². The van der Waals surface area contributed by atoms with Gasteiger partial charge >= 0.3 is 5.97 Å². The number of esters is 1. The Kier molecular flexibility index (Phi) is 3.88. The summed E-state index contributed by atoms with van der Waals surface area (Å²) in [6, 6.07) is 5.22. The zero-order chi connectivity index (χ0) is 13.0. The lowest BCUT2D eigenvalue weighted by atomic mass is 10.1. The number of piperidine rings is 1. The number of carbonyl (C=O) groups excluding carboxylic acids is 1. The lowest BCUT2D eigenvalue weighted by Gasteiger charge is -2.21. The van der Waals surface area contributed by atoms with E-state index in [0.29, 0.717) is 5.75 Å². The first-order valence-electron chi connectivity index (χ1n) is 5.86. The van der Waals surface area contributed by atoms with Crippen LogP contribution < -0.4 is 10.1 Å². The van der Waals surface area contributed by atoms with Gasteiger partial charge in [-0.05, 0) is 31.5 Å². The van der Waals surface area contributed by atoms with Crippen LogP contribution in [0.25, 0.3) is 0 Å². The van der Waals surface area contributed by atoms with Crippen molar-refractivity contribution in [3.63, 3.8) is 0 Å². The molecule has 1 aromatic rings. The molecule has 1 atom stereocenters. The maximum Gasteiger partial charge on any atom is 0.328 e. The first kappa shape index (κ1) is 12.5. The average molecular weight is 250 g/mol. The minimum Gasteiger partial charge on any atom is -0.425 e. The quantitative estimate of drug-likeness (QED) is 0.381. The second-order valence-corrected chi connectivity index (χ2v) is 4.17. The first-order chi connectivity index (χ1) is 8.66. The van der Waals surface area contributed by atoms with Gasteiger partial charge in [-0.15, -0.1) is 0 Å². The highest BCUT2D eigenvalue weighted by molar-refractivity contribution is 5.78. The molecule has 0 aliphatic carbocycles. The van der Waals surface area contributed by atoms with Gasteiger partial charge in [0, 0.05) is 12.1 Å². The van der Waals surface area contributed by atoms with E-state index < -0.39 is 4.92 Å². The summed E-state index contributed by atoms with van der Waals surface area (Å²) in [6.45, 7) is 0.819. The molecule has 6 heteroatoms. The Bertz CT molecular complexity index is 438. The first-order valence-corrected chi connectivity index (χ1v) is 5.86. The number of hydrogen-bond donors (Lipinski definition) is 1. The number of nitro benzene ring substituents is 1. The van der Waals surface area contributed by atoms with E-state index in [4.69, 9.17) is 4.74 Å². The van der Waals surface area contributed by atoms with Crippen LogP contribution in [0.4, 0.5) is 5.69 Å². The Morgan fingerprint density at radius 1 is 1.33 bits per heavy atom. The van der Waals surface area contributed by atoms with Crippen LogP contribution in [0.1, 0.15) is 19.3 Å². The van der Waals surface area contributed by atoms with Crippen molar-refractivity contribution in [1.29, 1.82) is 0 Å². The lowest BCUT2D eigenvalue weighted by molar-refractivity contribution is -0.384. The number of nitro groups is 1. The van der Waals surface area contributed by atoms with Crippen molar-refractivity contribution >= 4 is 11.7 Å². The van der Waals surface area contributed by atoms with Crippen LogP contribution in [0.2, 0.25) is 0 Å². The van der Waals surface area contributed by atoms with Crippen molar-refractivity contribution < 1.29 is 14.5 Å². The molecule has 0 radical (unpaired) electrons. The lowest BCUT2D eigenvalue weighted by Crippen LogP contribution is -2.42. The molecule has 0 bridgehead atoms. The van der Waals surface area contributed by atoms with Crippen LogP contribution in [0.5, 0.6) is 5.75 Å². The smallest absolute Gasteiger partial charge is 0.328 e. The maximum absolute atomic E-state index is 11.8. The second-order valence-electron chi connectivity index (χ2n) is 4.17. The normalized spacial score (nSPS) is 19.2. The number of ether oxygens (including phenoxy) is 1. The Hall–Kier alpha value is -1.95. The third-order valence-electron chi connectivity index (χ3n) is 2.86. The summed E-state index contributed by atoms with van der Waals surface area (Å²) in [5, 5.41) is 13.6. The van der Waals surface area contributed by atoms with E-state index in [0.717, 1.165) is 25.8 Å². The Morgan fingerprint density at radius 3 is 2.61 bits per heavy atom. The fourth-order valence-corrected chi connectivity index (χ4v) is 1.88. The highest BCUT2D eigenvalue weighted by Crippen LogP contribution is 2.18. The number of benzene rings is 1. The minimum atomic E-state index is -0.492. The molecule has 0 saturated carbocycles. The zero-order valence-corrected chi connectivity index (χ0v) is 9.80. The Balaban J connectivity index is 1.96. The standard InChI is InChI=1S/C12H14N2O4/c15-12(11-3-1-2-8-13-11)18-10-6-4-9(5-7-10)14(16)17/h4-7,11,13H,1-3,8H2/t11-/m1/s1. The molecule has 18 heavy (non-hydrogen) atoms. The SMILES string of the molecule is O=C(Oc1ccc([N+](=O)[O-])cc1)[C@H]1CCCCN1. The molecule has 0 spiro atoms. The summed E-state index contributed by atoms with van der Waals surface area (Å²) in [6.07, 6.45) is 2.85. The molecular weight excluding hydrogens is 236 g/mol. The van der Waals surface area contributed by atoms with E-state index in [1.807, 2.05) is 0 Å². The molecule has 1 heterocycles. The summed E-state index contributed by atoms with van der Waals surface area (Å²) in [7, 11) is 0. The van der Waals surface area contributed by atoms with Gasteiger partial charge < -0.3 is 10.1 Å². The summed E-state index contributed by atoms with van der Waals surface area (Å²) >= 11 is 0. The summed E-state index contributed by atoms with van der Waals surface area (Å²) < 4.78 is 5.16. The number of nitrogens with zero attached hydrogens (tertiary/aromatic N) is 1. The van der Waals surface area contributed by atoms with E-state index in [-0.39, 0.29) is 17.7 Å². The van der Waals surface area contributed by atoms with Crippen molar-refractivity contribution in [2.45, 2.75) is 25.3 Å². The molecule has 1 saturated heterocycles. The Morgan fingerprint density at radius 2 is 2.06 bits per heavy atom. The minimum absolute atomic E-state index is 0.0226.